The summed E-state index contributed by atoms with van der Waals surface area (Å²) in [6.45, 7) is 4.26. The van der Waals surface area contributed by atoms with Crippen molar-refractivity contribution in [2.45, 2.75) is 19.9 Å². The van der Waals surface area contributed by atoms with E-state index < -0.39 is 0 Å². The van der Waals surface area contributed by atoms with Gasteiger partial charge in [0.1, 0.15) is 5.75 Å². The molecule has 2 rings (SSSR count). The lowest BCUT2D eigenvalue weighted by Gasteiger charge is -2.11. The third-order valence-corrected chi connectivity index (χ3v) is 4.05. The molecule has 118 valence electrons. The van der Waals surface area contributed by atoms with Gasteiger partial charge in [-0.25, -0.2) is 4.98 Å². The summed E-state index contributed by atoms with van der Waals surface area (Å²) in [5, 5.41) is 6.57. The van der Waals surface area contributed by atoms with Crippen LogP contribution in [0.25, 0.3) is 0 Å². The number of aromatic nitrogens is 1. The number of aliphatic imine (C=N–C) groups is 1. The van der Waals surface area contributed by atoms with E-state index in [4.69, 9.17) is 4.74 Å². The smallest absolute Gasteiger partial charge is 0.191 e. The Morgan fingerprint density at radius 2 is 2.09 bits per heavy atom. The normalized spacial score (nSPS) is 11.3. The van der Waals surface area contributed by atoms with Crippen molar-refractivity contribution in [2.75, 3.05) is 20.2 Å². The van der Waals surface area contributed by atoms with Gasteiger partial charge in [-0.1, -0.05) is 18.2 Å². The quantitative estimate of drug-likeness (QED) is 0.468. The lowest BCUT2D eigenvalue weighted by atomic mass is 10.3. The predicted molar refractivity (Wildman–Crippen MR) is 91.6 cm³/mol. The van der Waals surface area contributed by atoms with Gasteiger partial charge in [0.15, 0.2) is 5.96 Å². The van der Waals surface area contributed by atoms with E-state index in [2.05, 4.69) is 20.6 Å². The number of guanidine groups is 1. The Balaban J connectivity index is 1.61. The lowest BCUT2D eigenvalue weighted by molar-refractivity contribution is 0.311. The van der Waals surface area contributed by atoms with Gasteiger partial charge in [0, 0.05) is 18.5 Å². The summed E-state index contributed by atoms with van der Waals surface area (Å²) in [7, 11) is 1.77. The number of nitrogens with zero attached hydrogens (tertiary/aromatic N) is 2. The summed E-state index contributed by atoms with van der Waals surface area (Å²) in [5.41, 5.74) is 2.94. The third-order valence-electron chi connectivity index (χ3n) is 3.11. The SMILES string of the molecule is CN=C(NCCCOc1ccccc1)NCc1scnc1C. The van der Waals surface area contributed by atoms with Crippen LogP contribution in [0, 0.1) is 6.92 Å². The number of aryl methyl sites for hydroxylation is 1. The van der Waals surface area contributed by atoms with E-state index >= 15 is 0 Å². The highest BCUT2D eigenvalue weighted by Crippen LogP contribution is 2.11. The molecule has 2 N–H and O–H groups in total. The zero-order chi connectivity index (χ0) is 15.6. The molecule has 22 heavy (non-hydrogen) atoms. The van der Waals surface area contributed by atoms with Gasteiger partial charge in [0.2, 0.25) is 0 Å². The molecule has 0 amide bonds. The molecule has 1 heterocycles. The van der Waals surface area contributed by atoms with Gasteiger partial charge >= 0.3 is 0 Å². The van der Waals surface area contributed by atoms with Crippen LogP contribution < -0.4 is 15.4 Å². The minimum atomic E-state index is 0.683. The predicted octanol–water partition coefficient (Wildman–Crippen LogP) is 2.59. The van der Waals surface area contributed by atoms with Crippen molar-refractivity contribution in [3.05, 3.63) is 46.4 Å². The Hall–Kier alpha value is -2.08. The molecule has 5 nitrogen and oxygen atoms in total. The third kappa shape index (κ3) is 5.37. The fourth-order valence-corrected chi connectivity index (χ4v) is 2.58. The summed E-state index contributed by atoms with van der Waals surface area (Å²) in [6, 6.07) is 9.85. The van der Waals surface area contributed by atoms with Crippen molar-refractivity contribution in [1.82, 2.24) is 15.6 Å². The minimum Gasteiger partial charge on any atom is -0.494 e. The van der Waals surface area contributed by atoms with Gasteiger partial charge in [-0.05, 0) is 25.5 Å². The molecular formula is C16H22N4OS. The maximum atomic E-state index is 5.65. The number of benzene rings is 1. The summed E-state index contributed by atoms with van der Waals surface area (Å²) < 4.78 is 5.65. The highest BCUT2D eigenvalue weighted by Gasteiger charge is 2.02. The second kappa shape index (κ2) is 9.04. The molecule has 0 aliphatic heterocycles. The van der Waals surface area contributed by atoms with Crippen LogP contribution in [0.2, 0.25) is 0 Å². The fourth-order valence-electron chi connectivity index (χ4n) is 1.87. The molecule has 0 aliphatic carbocycles. The number of nitrogens with one attached hydrogen (secondary N) is 2. The molecule has 6 heteroatoms. The first-order valence-corrected chi connectivity index (χ1v) is 8.19. The Labute approximate surface area is 135 Å². The van der Waals surface area contributed by atoms with Crippen LogP contribution in [0.3, 0.4) is 0 Å². The van der Waals surface area contributed by atoms with Gasteiger partial charge in [-0.3, -0.25) is 4.99 Å². The zero-order valence-corrected chi connectivity index (χ0v) is 13.8. The van der Waals surface area contributed by atoms with Gasteiger partial charge in [0.05, 0.1) is 24.4 Å². The molecular weight excluding hydrogens is 296 g/mol. The summed E-state index contributed by atoms with van der Waals surface area (Å²) in [6.07, 6.45) is 0.912. The second-order valence-electron chi connectivity index (χ2n) is 4.73. The monoisotopic (exact) mass is 318 g/mol. The molecule has 0 spiro atoms. The van der Waals surface area contributed by atoms with E-state index in [1.54, 1.807) is 18.4 Å². The van der Waals surface area contributed by atoms with E-state index in [1.807, 2.05) is 42.8 Å². The van der Waals surface area contributed by atoms with Crippen LogP contribution in [0.5, 0.6) is 5.75 Å². The van der Waals surface area contributed by atoms with E-state index in [9.17, 15) is 0 Å². The minimum absolute atomic E-state index is 0.683. The van der Waals surface area contributed by atoms with Crippen LogP contribution in [-0.2, 0) is 6.54 Å². The molecule has 0 bridgehead atoms. The standard InChI is InChI=1S/C16H22N4OS/c1-13-15(22-12-20-13)11-19-16(17-2)18-9-6-10-21-14-7-4-3-5-8-14/h3-5,7-8,12H,6,9-11H2,1-2H3,(H2,17,18,19). The lowest BCUT2D eigenvalue weighted by Crippen LogP contribution is -2.37. The molecule has 0 aliphatic rings. The van der Waals surface area contributed by atoms with E-state index in [0.29, 0.717) is 6.61 Å². The van der Waals surface area contributed by atoms with Crippen LogP contribution in [0.4, 0.5) is 0 Å². The van der Waals surface area contributed by atoms with Crippen LogP contribution in [0.1, 0.15) is 17.0 Å². The average Bonchev–Trinajstić information content (AvgIpc) is 2.96. The number of hydrogen-bond donors (Lipinski definition) is 2. The maximum Gasteiger partial charge on any atom is 0.191 e. The van der Waals surface area contributed by atoms with Crippen LogP contribution in [-0.4, -0.2) is 31.1 Å². The van der Waals surface area contributed by atoms with Crippen molar-refractivity contribution in [3.8, 4) is 5.75 Å². The first-order chi connectivity index (χ1) is 10.8. The van der Waals surface area contributed by atoms with Crippen molar-refractivity contribution in [2.24, 2.45) is 4.99 Å². The number of hydrogen-bond acceptors (Lipinski definition) is 4. The zero-order valence-electron chi connectivity index (χ0n) is 13.0. The fraction of sp³-hybridized carbons (Fsp3) is 0.375. The molecule has 0 unspecified atom stereocenters. The molecule has 0 atom stereocenters. The summed E-state index contributed by atoms with van der Waals surface area (Å²) >= 11 is 1.66. The van der Waals surface area contributed by atoms with E-state index in [1.165, 1.54) is 4.88 Å². The number of ether oxygens (including phenoxy) is 1. The largest absolute Gasteiger partial charge is 0.494 e. The van der Waals surface area contributed by atoms with E-state index in [-0.39, 0.29) is 0 Å². The number of para-hydroxylation sites is 1. The van der Waals surface area contributed by atoms with Gasteiger partial charge in [-0.2, -0.15) is 0 Å². The van der Waals surface area contributed by atoms with Crippen molar-refractivity contribution < 1.29 is 4.74 Å². The molecule has 2 aromatic rings. The van der Waals surface area contributed by atoms with Gasteiger partial charge < -0.3 is 15.4 Å². The number of thiazole rings is 1. The Morgan fingerprint density at radius 1 is 1.27 bits per heavy atom. The van der Waals surface area contributed by atoms with E-state index in [0.717, 1.165) is 36.9 Å². The topological polar surface area (TPSA) is 58.5 Å². The van der Waals surface area contributed by atoms with Gasteiger partial charge in [0.25, 0.3) is 0 Å². The number of rotatable bonds is 7. The van der Waals surface area contributed by atoms with Crippen molar-refractivity contribution >= 4 is 17.3 Å². The molecule has 1 aromatic carbocycles. The first-order valence-electron chi connectivity index (χ1n) is 7.31. The van der Waals surface area contributed by atoms with Crippen molar-refractivity contribution in [1.29, 1.82) is 0 Å². The van der Waals surface area contributed by atoms with Gasteiger partial charge in [-0.15, -0.1) is 11.3 Å². The Bertz CT molecular complexity index is 583. The Kier molecular flexibility index (Phi) is 6.70. The summed E-state index contributed by atoms with van der Waals surface area (Å²) in [4.78, 5) is 9.68. The molecule has 0 radical (unpaired) electrons. The maximum absolute atomic E-state index is 5.65. The van der Waals surface area contributed by atoms with Crippen molar-refractivity contribution in [3.63, 3.8) is 0 Å². The highest BCUT2D eigenvalue weighted by atomic mass is 32.1. The first kappa shape index (κ1) is 16.3. The average molecular weight is 318 g/mol. The van der Waals surface area contributed by atoms with Crippen LogP contribution >= 0.6 is 11.3 Å². The van der Waals surface area contributed by atoms with Crippen LogP contribution in [0.15, 0.2) is 40.8 Å². The molecule has 0 saturated heterocycles. The Morgan fingerprint density at radius 3 is 2.77 bits per heavy atom. The molecule has 0 saturated carbocycles. The molecule has 1 aromatic heterocycles. The highest BCUT2D eigenvalue weighted by molar-refractivity contribution is 7.09. The second-order valence-corrected chi connectivity index (χ2v) is 5.67. The molecule has 0 fully saturated rings. The summed E-state index contributed by atoms with van der Waals surface area (Å²) in [5.74, 6) is 1.71.